The molecule has 29 heavy (non-hydrogen) atoms. The third-order valence-electron chi connectivity index (χ3n) is 6.04. The molecule has 0 aliphatic carbocycles. The van der Waals surface area contributed by atoms with Gasteiger partial charge < -0.3 is 10.6 Å². The number of carbonyl (C=O) groups is 2. The first-order chi connectivity index (χ1) is 14.0. The van der Waals surface area contributed by atoms with E-state index >= 15 is 0 Å². The summed E-state index contributed by atoms with van der Waals surface area (Å²) in [5.74, 6) is 0.252. The lowest BCUT2D eigenvalue weighted by atomic mass is 9.79. The molecule has 4 rings (SSSR count). The minimum absolute atomic E-state index is 0.0784. The second kappa shape index (κ2) is 8.33. The van der Waals surface area contributed by atoms with Crippen molar-refractivity contribution >= 4 is 17.5 Å². The van der Waals surface area contributed by atoms with Crippen LogP contribution in [0, 0.1) is 0 Å². The molecule has 6 nitrogen and oxygen atoms in total. The number of carbonyl (C=O) groups excluding carboxylic acids is 2. The lowest BCUT2D eigenvalue weighted by Gasteiger charge is -2.35. The Morgan fingerprint density at radius 1 is 1.28 bits per heavy atom. The van der Waals surface area contributed by atoms with Crippen LogP contribution < -0.4 is 10.6 Å². The van der Waals surface area contributed by atoms with Crippen molar-refractivity contribution in [3.8, 4) is 0 Å². The Morgan fingerprint density at radius 2 is 2.10 bits per heavy atom. The Morgan fingerprint density at radius 3 is 2.90 bits per heavy atom. The number of pyridine rings is 1. The van der Waals surface area contributed by atoms with Gasteiger partial charge in [-0.05, 0) is 48.2 Å². The molecule has 2 N–H and O–H groups in total. The number of anilines is 1. The van der Waals surface area contributed by atoms with Crippen molar-refractivity contribution in [1.29, 1.82) is 0 Å². The van der Waals surface area contributed by atoms with E-state index in [4.69, 9.17) is 0 Å². The number of nitrogens with one attached hydrogen (secondary N) is 2. The summed E-state index contributed by atoms with van der Waals surface area (Å²) in [5, 5.41) is 6.28. The predicted octanol–water partition coefficient (Wildman–Crippen LogP) is 3.07. The molecule has 2 saturated heterocycles. The van der Waals surface area contributed by atoms with Crippen molar-refractivity contribution < 1.29 is 9.59 Å². The Hall–Kier alpha value is -2.73. The Bertz CT molecular complexity index is 885. The molecule has 0 unspecified atom stereocenters. The fraction of sp³-hybridized carbons (Fsp3) is 0.435. The second-order valence-electron chi connectivity index (χ2n) is 8.30. The summed E-state index contributed by atoms with van der Waals surface area (Å²) in [6.45, 7) is 4.05. The molecule has 1 aromatic heterocycles. The summed E-state index contributed by atoms with van der Waals surface area (Å²) in [4.78, 5) is 30.5. The largest absolute Gasteiger partial charge is 0.349 e. The van der Waals surface area contributed by atoms with Crippen LogP contribution in [-0.2, 0) is 16.1 Å². The molecule has 2 aliphatic heterocycles. The number of benzene rings is 1. The number of nitrogens with zero attached hydrogens (tertiary/aromatic N) is 2. The van der Waals surface area contributed by atoms with Gasteiger partial charge in [0.1, 0.15) is 0 Å². The molecule has 0 radical (unpaired) electrons. The van der Waals surface area contributed by atoms with Gasteiger partial charge >= 0.3 is 0 Å². The lowest BCUT2D eigenvalue weighted by Crippen LogP contribution is -2.52. The second-order valence-corrected chi connectivity index (χ2v) is 8.30. The van der Waals surface area contributed by atoms with Crippen molar-refractivity contribution in [3.05, 3.63) is 59.9 Å². The van der Waals surface area contributed by atoms with Gasteiger partial charge in [0.05, 0.1) is 5.54 Å². The molecule has 152 valence electrons. The van der Waals surface area contributed by atoms with Gasteiger partial charge in [0.25, 0.3) is 0 Å². The number of likely N-dealkylation sites (tertiary alicyclic amines) is 1. The fourth-order valence-electron chi connectivity index (χ4n) is 4.84. The molecular formula is C23H28N4O2. The van der Waals surface area contributed by atoms with E-state index in [1.807, 2.05) is 36.7 Å². The maximum atomic E-state index is 12.5. The molecule has 1 spiro atoms. The summed E-state index contributed by atoms with van der Waals surface area (Å²) in [5.41, 5.74) is 2.92. The Balaban J connectivity index is 1.65. The molecule has 1 aromatic carbocycles. The minimum atomic E-state index is -0.268. The zero-order valence-electron chi connectivity index (χ0n) is 16.9. The average Bonchev–Trinajstić information content (AvgIpc) is 2.91. The predicted molar refractivity (Wildman–Crippen MR) is 112 cm³/mol. The zero-order valence-corrected chi connectivity index (χ0v) is 16.9. The summed E-state index contributed by atoms with van der Waals surface area (Å²) >= 11 is 0. The highest BCUT2D eigenvalue weighted by atomic mass is 16.2. The number of aromatic nitrogens is 1. The van der Waals surface area contributed by atoms with Crippen LogP contribution in [0.15, 0.2) is 48.8 Å². The smallest absolute Gasteiger partial charge is 0.221 e. The van der Waals surface area contributed by atoms with Crippen LogP contribution in [0.2, 0.25) is 0 Å². The first kappa shape index (κ1) is 19.6. The molecule has 6 heteroatoms. The molecule has 2 fully saturated rings. The maximum absolute atomic E-state index is 12.5. The molecular weight excluding hydrogens is 364 g/mol. The van der Waals surface area contributed by atoms with Gasteiger partial charge in [0, 0.05) is 57.0 Å². The van der Waals surface area contributed by atoms with Crippen LogP contribution >= 0.6 is 0 Å². The highest BCUT2D eigenvalue weighted by molar-refractivity contribution is 5.88. The van der Waals surface area contributed by atoms with Crippen molar-refractivity contribution in [1.82, 2.24) is 15.2 Å². The van der Waals surface area contributed by atoms with E-state index < -0.39 is 0 Å². The van der Waals surface area contributed by atoms with Crippen LogP contribution in [0.1, 0.15) is 49.7 Å². The van der Waals surface area contributed by atoms with Gasteiger partial charge in [0.2, 0.25) is 11.8 Å². The maximum Gasteiger partial charge on any atom is 0.221 e. The number of hydrogen-bond acceptors (Lipinski definition) is 4. The molecule has 0 saturated carbocycles. The standard InChI is InChI=1S/C23H28N4O2/c1-17(28)25-20-6-4-5-19(13-20)21-15-27(14-18-8-11-24-12-9-18)16-23(21)10-3-2-7-22(29)26-23/h4-6,8-9,11-13,21H,2-3,7,10,14-16H2,1H3,(H,25,28)(H,26,29)/t21-,23+/m0/s1. The van der Waals surface area contributed by atoms with Gasteiger partial charge in [-0.15, -0.1) is 0 Å². The highest BCUT2D eigenvalue weighted by Crippen LogP contribution is 2.42. The van der Waals surface area contributed by atoms with Gasteiger partial charge in [-0.2, -0.15) is 0 Å². The Labute approximate surface area is 171 Å². The van der Waals surface area contributed by atoms with Crippen molar-refractivity contribution in [3.63, 3.8) is 0 Å². The van der Waals surface area contributed by atoms with Gasteiger partial charge in [-0.1, -0.05) is 18.6 Å². The average molecular weight is 393 g/mol. The SMILES string of the molecule is CC(=O)Nc1cccc([C@@H]2CN(Cc3ccncc3)C[C@]23CCCCC(=O)N3)c1. The van der Waals surface area contributed by atoms with Crippen LogP contribution in [0.5, 0.6) is 0 Å². The van der Waals surface area contributed by atoms with E-state index in [1.165, 1.54) is 12.5 Å². The normalized spacial score (nSPS) is 24.9. The Kier molecular flexibility index (Phi) is 5.62. The van der Waals surface area contributed by atoms with Crippen molar-refractivity contribution in [2.45, 2.75) is 50.6 Å². The molecule has 2 atom stereocenters. The van der Waals surface area contributed by atoms with E-state index in [0.29, 0.717) is 6.42 Å². The first-order valence-corrected chi connectivity index (χ1v) is 10.3. The summed E-state index contributed by atoms with van der Waals surface area (Å²) in [6, 6.07) is 12.2. The quantitative estimate of drug-likeness (QED) is 0.839. The summed E-state index contributed by atoms with van der Waals surface area (Å²) in [7, 11) is 0. The zero-order chi connectivity index (χ0) is 20.3. The minimum Gasteiger partial charge on any atom is -0.349 e. The third-order valence-corrected chi connectivity index (χ3v) is 6.04. The fourth-order valence-corrected chi connectivity index (χ4v) is 4.84. The lowest BCUT2D eigenvalue weighted by molar-refractivity contribution is -0.122. The summed E-state index contributed by atoms with van der Waals surface area (Å²) in [6.07, 6.45) is 7.21. The van der Waals surface area contributed by atoms with Gasteiger partial charge in [-0.25, -0.2) is 0 Å². The van der Waals surface area contributed by atoms with E-state index in [-0.39, 0.29) is 23.3 Å². The van der Waals surface area contributed by atoms with Crippen LogP contribution in [0.25, 0.3) is 0 Å². The number of rotatable bonds is 4. The van der Waals surface area contributed by atoms with E-state index in [1.54, 1.807) is 0 Å². The molecule has 2 amide bonds. The number of hydrogen-bond donors (Lipinski definition) is 2. The van der Waals surface area contributed by atoms with Crippen molar-refractivity contribution in [2.75, 3.05) is 18.4 Å². The molecule has 3 heterocycles. The van der Waals surface area contributed by atoms with E-state index in [0.717, 1.165) is 50.1 Å². The third kappa shape index (κ3) is 4.48. The van der Waals surface area contributed by atoms with Crippen LogP contribution in [-0.4, -0.2) is 40.3 Å². The van der Waals surface area contributed by atoms with E-state index in [9.17, 15) is 9.59 Å². The molecule has 2 aromatic rings. The van der Waals surface area contributed by atoms with Gasteiger partial charge in [0.15, 0.2) is 0 Å². The first-order valence-electron chi connectivity index (χ1n) is 10.3. The van der Waals surface area contributed by atoms with Crippen LogP contribution in [0.4, 0.5) is 5.69 Å². The highest BCUT2D eigenvalue weighted by Gasteiger charge is 2.48. The van der Waals surface area contributed by atoms with Crippen LogP contribution in [0.3, 0.4) is 0 Å². The molecule has 2 aliphatic rings. The van der Waals surface area contributed by atoms with Crippen molar-refractivity contribution in [2.24, 2.45) is 0 Å². The molecule has 0 bridgehead atoms. The topological polar surface area (TPSA) is 74.3 Å². The summed E-state index contributed by atoms with van der Waals surface area (Å²) < 4.78 is 0. The number of amides is 2. The van der Waals surface area contributed by atoms with Gasteiger partial charge in [-0.3, -0.25) is 19.5 Å². The van der Waals surface area contributed by atoms with E-state index in [2.05, 4.69) is 32.7 Å². The monoisotopic (exact) mass is 392 g/mol.